The molecule has 0 aliphatic heterocycles. The van der Waals surface area contributed by atoms with E-state index in [2.05, 4.69) is 15.0 Å². The summed E-state index contributed by atoms with van der Waals surface area (Å²) >= 11 is 0. The Hall–Kier alpha value is -2.57. The van der Waals surface area contributed by atoms with Crippen molar-refractivity contribution in [3.05, 3.63) is 36.4 Å². The third-order valence-corrected chi connectivity index (χ3v) is 2.27. The largest absolute Gasteiger partial charge is 0.463 e. The molecule has 2 aromatic rings. The van der Waals surface area contributed by atoms with Gasteiger partial charge in [-0.05, 0) is 18.1 Å². The van der Waals surface area contributed by atoms with Gasteiger partial charge in [0.15, 0.2) is 5.82 Å². The molecule has 2 heterocycles. The number of nitrogens with one attached hydrogen (secondary N) is 1. The maximum atomic E-state index is 11.2. The van der Waals surface area contributed by atoms with Crippen molar-refractivity contribution in [2.24, 2.45) is 0 Å². The van der Waals surface area contributed by atoms with Crippen LogP contribution in [-0.2, 0) is 6.42 Å². The van der Waals surface area contributed by atoms with Crippen molar-refractivity contribution < 1.29 is 14.7 Å². The molecule has 0 bridgehead atoms. The summed E-state index contributed by atoms with van der Waals surface area (Å²) in [6, 6.07) is 3.54. The summed E-state index contributed by atoms with van der Waals surface area (Å²) in [7, 11) is 0. The van der Waals surface area contributed by atoms with Gasteiger partial charge >= 0.3 is 6.09 Å². The fraction of sp³-hybridized carbons (Fsp3) is 0.182. The minimum atomic E-state index is -1.26. The van der Waals surface area contributed by atoms with E-state index in [9.17, 15) is 4.79 Å². The van der Waals surface area contributed by atoms with E-state index < -0.39 is 6.09 Å². The zero-order chi connectivity index (χ0) is 13.0. The Morgan fingerprint density at radius 3 is 3.00 bits per heavy atom. The molecule has 18 heavy (non-hydrogen) atoms. The third-order valence-electron chi connectivity index (χ3n) is 2.27. The van der Waals surface area contributed by atoms with Gasteiger partial charge in [0.25, 0.3) is 5.88 Å². The van der Waals surface area contributed by atoms with Crippen LogP contribution in [0.3, 0.4) is 0 Å². The molecule has 0 saturated heterocycles. The number of aromatic nitrogens is 3. The summed E-state index contributed by atoms with van der Waals surface area (Å²) in [5.41, 5.74) is 0.774. The first kappa shape index (κ1) is 11.9. The van der Waals surface area contributed by atoms with Crippen molar-refractivity contribution in [1.29, 1.82) is 0 Å². The standard InChI is InChI=1S/C11H12N4O3/c1-2-8-4-3-5-13-10(8)15(11(16)17)18-9-6-12-7-14-9/h3-7H,2H2,1H3,(H,12,14)(H,16,17). The van der Waals surface area contributed by atoms with Gasteiger partial charge in [0.1, 0.15) is 0 Å². The maximum absolute atomic E-state index is 11.2. The van der Waals surface area contributed by atoms with Gasteiger partial charge in [0.2, 0.25) is 0 Å². The molecule has 1 amide bonds. The molecule has 0 unspecified atom stereocenters. The smallest absolute Gasteiger partial charge is 0.447 e. The Bertz CT molecular complexity index is 527. The van der Waals surface area contributed by atoms with E-state index >= 15 is 0 Å². The Labute approximate surface area is 103 Å². The van der Waals surface area contributed by atoms with Gasteiger partial charge < -0.3 is 14.9 Å². The van der Waals surface area contributed by atoms with Crippen LogP contribution >= 0.6 is 0 Å². The lowest BCUT2D eigenvalue weighted by Gasteiger charge is -2.18. The molecule has 0 atom stereocenters. The number of carbonyl (C=O) groups is 1. The number of hydroxylamine groups is 1. The van der Waals surface area contributed by atoms with Crippen molar-refractivity contribution in [1.82, 2.24) is 15.0 Å². The normalized spacial score (nSPS) is 10.1. The van der Waals surface area contributed by atoms with Gasteiger partial charge in [0.05, 0.1) is 12.5 Å². The second-order valence-electron chi connectivity index (χ2n) is 3.42. The van der Waals surface area contributed by atoms with Crippen molar-refractivity contribution in [2.45, 2.75) is 13.3 Å². The first-order chi connectivity index (χ1) is 8.72. The molecule has 94 valence electrons. The lowest BCUT2D eigenvalue weighted by atomic mass is 10.2. The van der Waals surface area contributed by atoms with Crippen LogP contribution in [0.5, 0.6) is 5.88 Å². The summed E-state index contributed by atoms with van der Waals surface area (Å²) in [6.45, 7) is 1.91. The second kappa shape index (κ2) is 5.17. The second-order valence-corrected chi connectivity index (χ2v) is 3.42. The van der Waals surface area contributed by atoms with E-state index in [0.29, 0.717) is 11.5 Å². The summed E-state index contributed by atoms with van der Waals surface area (Å²) < 4.78 is 0. The SMILES string of the molecule is CCc1cccnc1N(Oc1c[nH]cn1)C(=O)O. The molecule has 0 aliphatic rings. The summed E-state index contributed by atoms with van der Waals surface area (Å²) in [5, 5.41) is 9.87. The van der Waals surface area contributed by atoms with Crippen molar-refractivity contribution >= 4 is 11.9 Å². The average molecular weight is 248 g/mol. The molecule has 7 nitrogen and oxygen atoms in total. The average Bonchev–Trinajstić information content (AvgIpc) is 2.88. The molecule has 7 heteroatoms. The Kier molecular flexibility index (Phi) is 3.42. The summed E-state index contributed by atoms with van der Waals surface area (Å²) in [6.07, 6.45) is 3.75. The number of rotatable bonds is 4. The van der Waals surface area contributed by atoms with Crippen LogP contribution in [0.1, 0.15) is 12.5 Å². The molecule has 2 rings (SSSR count). The number of aromatic amines is 1. The van der Waals surface area contributed by atoms with Crippen molar-refractivity contribution in [2.75, 3.05) is 5.06 Å². The quantitative estimate of drug-likeness (QED) is 0.805. The van der Waals surface area contributed by atoms with Gasteiger partial charge in [-0.25, -0.2) is 14.8 Å². The van der Waals surface area contributed by atoms with Crippen LogP contribution in [0.25, 0.3) is 0 Å². The molecule has 0 spiro atoms. The molecular formula is C11H12N4O3. The van der Waals surface area contributed by atoms with Gasteiger partial charge in [-0.2, -0.15) is 0 Å². The van der Waals surface area contributed by atoms with E-state index in [0.717, 1.165) is 5.56 Å². The highest BCUT2D eigenvalue weighted by Crippen LogP contribution is 2.19. The van der Waals surface area contributed by atoms with Crippen LogP contribution in [0.4, 0.5) is 10.6 Å². The topological polar surface area (TPSA) is 91.3 Å². The van der Waals surface area contributed by atoms with Gasteiger partial charge in [-0.15, -0.1) is 0 Å². The molecule has 0 fully saturated rings. The molecule has 0 saturated carbocycles. The van der Waals surface area contributed by atoms with Gasteiger partial charge in [0, 0.05) is 6.20 Å². The zero-order valence-corrected chi connectivity index (χ0v) is 9.70. The fourth-order valence-electron chi connectivity index (χ4n) is 1.45. The van der Waals surface area contributed by atoms with Crippen LogP contribution in [-0.4, -0.2) is 26.2 Å². The van der Waals surface area contributed by atoms with E-state index in [-0.39, 0.29) is 11.7 Å². The highest BCUT2D eigenvalue weighted by atomic mass is 16.7. The molecule has 2 N–H and O–H groups in total. The molecule has 0 aliphatic carbocycles. The number of pyridine rings is 1. The first-order valence-corrected chi connectivity index (χ1v) is 5.36. The molecular weight excluding hydrogens is 236 g/mol. The Balaban J connectivity index is 2.32. The van der Waals surface area contributed by atoms with Crippen molar-refractivity contribution in [3.8, 4) is 5.88 Å². The molecule has 0 aromatic carbocycles. The zero-order valence-electron chi connectivity index (χ0n) is 9.70. The van der Waals surface area contributed by atoms with Gasteiger partial charge in [-0.1, -0.05) is 18.1 Å². The minimum absolute atomic E-state index is 0.158. The van der Waals surface area contributed by atoms with Crippen LogP contribution < -0.4 is 9.90 Å². The van der Waals surface area contributed by atoms with E-state index in [1.165, 1.54) is 18.7 Å². The monoisotopic (exact) mass is 248 g/mol. The number of H-pyrrole nitrogens is 1. The highest BCUT2D eigenvalue weighted by molar-refractivity contribution is 5.83. The number of amides is 1. The number of carboxylic acid groups (broad SMARTS) is 1. The van der Waals surface area contributed by atoms with Crippen LogP contribution in [0.2, 0.25) is 0 Å². The summed E-state index contributed by atoms with van der Waals surface area (Å²) in [5.74, 6) is 0.403. The number of imidazole rings is 1. The number of nitrogens with zero attached hydrogens (tertiary/aromatic N) is 3. The van der Waals surface area contributed by atoms with Crippen LogP contribution in [0.15, 0.2) is 30.9 Å². The Morgan fingerprint density at radius 2 is 2.39 bits per heavy atom. The Morgan fingerprint density at radius 1 is 1.56 bits per heavy atom. The fourth-order valence-corrected chi connectivity index (χ4v) is 1.45. The third kappa shape index (κ3) is 2.40. The molecule has 0 radical (unpaired) electrons. The summed E-state index contributed by atoms with van der Waals surface area (Å²) in [4.78, 5) is 26.9. The van der Waals surface area contributed by atoms with E-state index in [4.69, 9.17) is 9.94 Å². The highest BCUT2D eigenvalue weighted by Gasteiger charge is 2.21. The van der Waals surface area contributed by atoms with Crippen LogP contribution in [0, 0.1) is 0 Å². The van der Waals surface area contributed by atoms with Crippen molar-refractivity contribution in [3.63, 3.8) is 0 Å². The predicted molar refractivity (Wildman–Crippen MR) is 63.3 cm³/mol. The van der Waals surface area contributed by atoms with E-state index in [1.54, 1.807) is 12.1 Å². The predicted octanol–water partition coefficient (Wildman–Crippen LogP) is 1.85. The first-order valence-electron chi connectivity index (χ1n) is 5.36. The number of hydrogen-bond acceptors (Lipinski definition) is 4. The number of hydrogen-bond donors (Lipinski definition) is 2. The lowest BCUT2D eigenvalue weighted by Crippen LogP contribution is -2.34. The van der Waals surface area contributed by atoms with E-state index in [1.807, 2.05) is 6.92 Å². The number of aryl methyl sites for hydroxylation is 1. The van der Waals surface area contributed by atoms with Gasteiger partial charge in [-0.3, -0.25) is 0 Å². The maximum Gasteiger partial charge on any atom is 0.447 e. The lowest BCUT2D eigenvalue weighted by molar-refractivity contribution is 0.165. The molecule has 2 aromatic heterocycles. The number of anilines is 1. The minimum Gasteiger partial charge on any atom is -0.463 e.